The maximum atomic E-state index is 11.4. The molecule has 0 saturated heterocycles. The number of phenols is 1. The van der Waals surface area contributed by atoms with Gasteiger partial charge in [-0.1, -0.05) is 12.1 Å². The summed E-state index contributed by atoms with van der Waals surface area (Å²) in [7, 11) is 1.70. The van der Waals surface area contributed by atoms with Crippen molar-refractivity contribution in [2.75, 3.05) is 20.2 Å². The first-order valence-electron chi connectivity index (χ1n) is 4.80. The number of amides is 1. The summed E-state index contributed by atoms with van der Waals surface area (Å²) in [5, 5.41) is 9.37. The van der Waals surface area contributed by atoms with Crippen LogP contribution in [0, 0.1) is 0 Å². The van der Waals surface area contributed by atoms with Gasteiger partial charge in [-0.05, 0) is 19.1 Å². The number of nitrogens with zero attached hydrogens (tertiary/aromatic N) is 1. The van der Waals surface area contributed by atoms with Gasteiger partial charge in [0.2, 0.25) is 0 Å². The molecule has 1 aromatic carbocycles. The third-order valence-electron chi connectivity index (χ3n) is 2.12. The normalized spacial score (nSPS) is 9.73. The maximum absolute atomic E-state index is 11.4. The van der Waals surface area contributed by atoms with E-state index >= 15 is 0 Å². The van der Waals surface area contributed by atoms with Crippen molar-refractivity contribution in [1.82, 2.24) is 4.90 Å². The summed E-state index contributed by atoms with van der Waals surface area (Å²) in [6, 6.07) is 6.57. The smallest absolute Gasteiger partial charge is 0.260 e. The number of rotatable bonds is 4. The van der Waals surface area contributed by atoms with Crippen LogP contribution in [-0.4, -0.2) is 36.1 Å². The Bertz CT molecular complexity index is 338. The molecule has 1 N–H and O–H groups in total. The van der Waals surface area contributed by atoms with Gasteiger partial charge in [0, 0.05) is 13.6 Å². The number of hydrogen-bond donors (Lipinski definition) is 1. The minimum atomic E-state index is -0.110. The van der Waals surface area contributed by atoms with Crippen molar-refractivity contribution < 1.29 is 14.6 Å². The van der Waals surface area contributed by atoms with Crippen LogP contribution in [-0.2, 0) is 4.79 Å². The van der Waals surface area contributed by atoms with Gasteiger partial charge in [-0.2, -0.15) is 0 Å². The van der Waals surface area contributed by atoms with Crippen molar-refractivity contribution in [3.8, 4) is 11.5 Å². The zero-order valence-corrected chi connectivity index (χ0v) is 8.93. The van der Waals surface area contributed by atoms with Crippen molar-refractivity contribution in [2.45, 2.75) is 6.92 Å². The van der Waals surface area contributed by atoms with Crippen molar-refractivity contribution in [3.63, 3.8) is 0 Å². The maximum Gasteiger partial charge on any atom is 0.260 e. The summed E-state index contributed by atoms with van der Waals surface area (Å²) >= 11 is 0. The van der Waals surface area contributed by atoms with E-state index in [0.717, 1.165) is 0 Å². The Labute approximate surface area is 89.1 Å². The number of hydrogen-bond acceptors (Lipinski definition) is 3. The van der Waals surface area contributed by atoms with Crippen LogP contribution in [0.15, 0.2) is 24.3 Å². The molecule has 0 atom stereocenters. The summed E-state index contributed by atoms with van der Waals surface area (Å²) in [6.45, 7) is 2.47. The first kappa shape index (κ1) is 11.4. The van der Waals surface area contributed by atoms with E-state index in [4.69, 9.17) is 4.74 Å². The van der Waals surface area contributed by atoms with Crippen molar-refractivity contribution in [1.29, 1.82) is 0 Å². The average Bonchev–Trinajstić information content (AvgIpc) is 2.26. The number of para-hydroxylation sites is 2. The number of benzene rings is 1. The van der Waals surface area contributed by atoms with Crippen molar-refractivity contribution in [3.05, 3.63) is 24.3 Å². The number of aromatic hydroxyl groups is 1. The topological polar surface area (TPSA) is 49.8 Å². The zero-order valence-electron chi connectivity index (χ0n) is 8.93. The molecule has 0 aromatic heterocycles. The average molecular weight is 209 g/mol. The molecule has 0 fully saturated rings. The summed E-state index contributed by atoms with van der Waals surface area (Å²) in [5.41, 5.74) is 0. The Hall–Kier alpha value is -1.71. The van der Waals surface area contributed by atoms with Gasteiger partial charge in [-0.3, -0.25) is 4.79 Å². The lowest BCUT2D eigenvalue weighted by atomic mass is 10.3. The number of phenolic OH excluding ortho intramolecular Hbond substituents is 1. The molecule has 0 aliphatic rings. The molecular formula is C11H15NO3. The van der Waals surface area contributed by atoms with E-state index in [1.165, 1.54) is 6.07 Å². The van der Waals surface area contributed by atoms with Gasteiger partial charge >= 0.3 is 0 Å². The molecule has 0 unspecified atom stereocenters. The van der Waals surface area contributed by atoms with Gasteiger partial charge in [0.15, 0.2) is 18.1 Å². The molecule has 0 saturated carbocycles. The van der Waals surface area contributed by atoms with Gasteiger partial charge in [0.05, 0.1) is 0 Å². The van der Waals surface area contributed by atoms with Gasteiger partial charge in [-0.25, -0.2) is 0 Å². The minimum absolute atomic E-state index is 0.0458. The van der Waals surface area contributed by atoms with E-state index in [1.807, 2.05) is 6.92 Å². The van der Waals surface area contributed by atoms with Crippen LogP contribution in [0.3, 0.4) is 0 Å². The van der Waals surface area contributed by atoms with Crippen LogP contribution in [0.4, 0.5) is 0 Å². The number of carbonyl (C=O) groups is 1. The predicted molar refractivity (Wildman–Crippen MR) is 56.9 cm³/mol. The molecule has 0 aliphatic heterocycles. The van der Waals surface area contributed by atoms with Crippen LogP contribution in [0.1, 0.15) is 6.92 Å². The molecule has 15 heavy (non-hydrogen) atoms. The molecule has 1 aromatic rings. The number of carbonyl (C=O) groups excluding carboxylic acids is 1. The number of ether oxygens (including phenoxy) is 1. The summed E-state index contributed by atoms with van der Waals surface area (Å²) in [6.07, 6.45) is 0. The van der Waals surface area contributed by atoms with Crippen molar-refractivity contribution in [2.24, 2.45) is 0 Å². The Kier molecular flexibility index (Phi) is 3.97. The van der Waals surface area contributed by atoms with Gasteiger partial charge in [0.1, 0.15) is 0 Å². The second kappa shape index (κ2) is 5.24. The highest BCUT2D eigenvalue weighted by Gasteiger charge is 2.08. The highest BCUT2D eigenvalue weighted by Crippen LogP contribution is 2.24. The molecule has 0 spiro atoms. The van der Waals surface area contributed by atoms with E-state index in [2.05, 4.69) is 0 Å². The molecule has 0 radical (unpaired) electrons. The SMILES string of the molecule is CCN(C)C(=O)COc1ccccc1O. The monoisotopic (exact) mass is 209 g/mol. The van der Waals surface area contributed by atoms with Crippen LogP contribution in [0.5, 0.6) is 11.5 Å². The molecular weight excluding hydrogens is 194 g/mol. The van der Waals surface area contributed by atoms with E-state index in [1.54, 1.807) is 30.1 Å². The van der Waals surface area contributed by atoms with E-state index < -0.39 is 0 Å². The first-order valence-corrected chi connectivity index (χ1v) is 4.80. The molecule has 82 valence electrons. The second-order valence-electron chi connectivity index (χ2n) is 3.16. The lowest BCUT2D eigenvalue weighted by Crippen LogP contribution is -2.31. The third kappa shape index (κ3) is 3.16. The van der Waals surface area contributed by atoms with E-state index in [0.29, 0.717) is 12.3 Å². The van der Waals surface area contributed by atoms with Crippen LogP contribution >= 0.6 is 0 Å². The highest BCUT2D eigenvalue weighted by atomic mass is 16.5. The molecule has 1 amide bonds. The highest BCUT2D eigenvalue weighted by molar-refractivity contribution is 5.77. The largest absolute Gasteiger partial charge is 0.504 e. The van der Waals surface area contributed by atoms with E-state index in [9.17, 15) is 9.90 Å². The Morgan fingerprint density at radius 2 is 2.13 bits per heavy atom. The van der Waals surface area contributed by atoms with Gasteiger partial charge in [0.25, 0.3) is 5.91 Å². The first-order chi connectivity index (χ1) is 7.15. The molecule has 1 rings (SSSR count). The van der Waals surface area contributed by atoms with Crippen LogP contribution < -0.4 is 4.74 Å². The van der Waals surface area contributed by atoms with Crippen LogP contribution in [0.2, 0.25) is 0 Å². The summed E-state index contributed by atoms with van der Waals surface area (Å²) < 4.78 is 5.18. The fourth-order valence-corrected chi connectivity index (χ4v) is 1.01. The fourth-order valence-electron chi connectivity index (χ4n) is 1.01. The molecule has 0 heterocycles. The molecule has 4 nitrogen and oxygen atoms in total. The molecule has 0 aliphatic carbocycles. The Balaban J connectivity index is 2.51. The second-order valence-corrected chi connectivity index (χ2v) is 3.16. The lowest BCUT2D eigenvalue weighted by Gasteiger charge is -2.15. The lowest BCUT2D eigenvalue weighted by molar-refractivity contribution is -0.131. The van der Waals surface area contributed by atoms with Gasteiger partial charge in [-0.15, -0.1) is 0 Å². The number of likely N-dealkylation sites (N-methyl/N-ethyl adjacent to an activating group) is 1. The minimum Gasteiger partial charge on any atom is -0.504 e. The standard InChI is InChI=1S/C11H15NO3/c1-3-12(2)11(14)8-15-10-7-5-4-6-9(10)13/h4-7,13H,3,8H2,1-2H3. The Morgan fingerprint density at radius 1 is 1.47 bits per heavy atom. The van der Waals surface area contributed by atoms with E-state index in [-0.39, 0.29) is 18.3 Å². The van der Waals surface area contributed by atoms with Crippen LogP contribution in [0.25, 0.3) is 0 Å². The predicted octanol–water partition coefficient (Wildman–Crippen LogP) is 1.25. The molecule has 0 bridgehead atoms. The fraction of sp³-hybridized carbons (Fsp3) is 0.364. The quantitative estimate of drug-likeness (QED) is 0.811. The van der Waals surface area contributed by atoms with Gasteiger partial charge < -0.3 is 14.7 Å². The van der Waals surface area contributed by atoms with Crippen molar-refractivity contribution >= 4 is 5.91 Å². The molecule has 4 heteroatoms. The summed E-state index contributed by atoms with van der Waals surface area (Å²) in [4.78, 5) is 12.9. The zero-order chi connectivity index (χ0) is 11.3. The Morgan fingerprint density at radius 3 is 2.73 bits per heavy atom. The summed E-state index contributed by atoms with van der Waals surface area (Å²) in [5.74, 6) is 0.264. The third-order valence-corrected chi connectivity index (χ3v) is 2.12.